The Bertz CT molecular complexity index is 1670. The molecule has 0 saturated carbocycles. The van der Waals surface area contributed by atoms with E-state index >= 15 is 0 Å². The number of aromatic nitrogens is 3. The maximum absolute atomic E-state index is 13.3. The van der Waals surface area contributed by atoms with Crippen molar-refractivity contribution in [2.75, 3.05) is 44.7 Å². The number of aryl methyl sites for hydroxylation is 3. The number of benzene rings is 3. The summed E-state index contributed by atoms with van der Waals surface area (Å²) >= 11 is 0. The highest BCUT2D eigenvalue weighted by Crippen LogP contribution is 2.56. The van der Waals surface area contributed by atoms with Crippen LogP contribution in [0.15, 0.2) is 59.5 Å². The zero-order valence-corrected chi connectivity index (χ0v) is 26.7. The highest BCUT2D eigenvalue weighted by atomic mass is 32.3. The fraction of sp³-hybridized carbons (Fsp3) is 0.424. The van der Waals surface area contributed by atoms with E-state index < -0.39 is 10.8 Å². The number of hydrogen-bond acceptors (Lipinski definition) is 9. The first kappa shape index (κ1) is 30.5. The van der Waals surface area contributed by atoms with Gasteiger partial charge in [-0.05, 0) is 72.8 Å². The van der Waals surface area contributed by atoms with Crippen LogP contribution in [-0.4, -0.2) is 74.2 Å². The van der Waals surface area contributed by atoms with E-state index in [0.717, 1.165) is 64.0 Å². The standard InChI is InChI=1S/C33H42N6O4S/c1-22-9-10-25(17-26(22)20-39-16-15-37(3)29-7-5-6-8-31(29)44(39,41)42)28(18-32(40)43-21-24-13-14-34-19-24)27-11-12-30-33(23(27)2)35-36-38(30)4/h5-12,17,24,28,34,41-42H,13-16,18-21H2,1-4H3. The van der Waals surface area contributed by atoms with Crippen molar-refractivity contribution in [1.29, 1.82) is 0 Å². The Morgan fingerprint density at radius 3 is 2.73 bits per heavy atom. The summed E-state index contributed by atoms with van der Waals surface area (Å²) in [6.07, 6.45) is 1.20. The predicted octanol–water partition coefficient (Wildman–Crippen LogP) is 5.24. The number of para-hydroxylation sites is 1. The molecule has 3 heterocycles. The summed E-state index contributed by atoms with van der Waals surface area (Å²) in [6.45, 7) is 7.83. The van der Waals surface area contributed by atoms with Crippen molar-refractivity contribution in [2.24, 2.45) is 13.0 Å². The van der Waals surface area contributed by atoms with Gasteiger partial charge in [-0.15, -0.1) is 15.9 Å². The Morgan fingerprint density at radius 1 is 1.11 bits per heavy atom. The molecular formula is C33H42N6O4S. The van der Waals surface area contributed by atoms with Gasteiger partial charge in [0.25, 0.3) is 0 Å². The highest BCUT2D eigenvalue weighted by Gasteiger charge is 2.32. The van der Waals surface area contributed by atoms with Crippen LogP contribution in [0.3, 0.4) is 0 Å². The number of hydrogen-bond donors (Lipinski definition) is 3. The molecule has 0 amide bonds. The summed E-state index contributed by atoms with van der Waals surface area (Å²) in [6, 6.07) is 17.8. The van der Waals surface area contributed by atoms with Crippen LogP contribution in [0.25, 0.3) is 11.0 Å². The Labute approximate surface area is 260 Å². The monoisotopic (exact) mass is 618 g/mol. The molecule has 2 atom stereocenters. The Kier molecular flexibility index (Phi) is 8.67. The van der Waals surface area contributed by atoms with Crippen LogP contribution in [0.2, 0.25) is 0 Å². The average molecular weight is 619 g/mol. The molecule has 1 saturated heterocycles. The third-order valence-electron chi connectivity index (χ3n) is 9.21. The molecule has 6 rings (SSSR count). The Balaban J connectivity index is 1.34. The maximum Gasteiger partial charge on any atom is 0.306 e. The molecule has 3 aromatic carbocycles. The van der Waals surface area contributed by atoms with Gasteiger partial charge in [0.1, 0.15) is 5.52 Å². The zero-order valence-electron chi connectivity index (χ0n) is 25.9. The van der Waals surface area contributed by atoms with E-state index in [-0.39, 0.29) is 18.3 Å². The van der Waals surface area contributed by atoms with E-state index in [1.54, 1.807) is 15.1 Å². The molecule has 44 heavy (non-hydrogen) atoms. The molecule has 2 aliphatic rings. The summed E-state index contributed by atoms with van der Waals surface area (Å²) in [7, 11) is 0.630. The minimum Gasteiger partial charge on any atom is -0.465 e. The van der Waals surface area contributed by atoms with Gasteiger partial charge in [-0.2, -0.15) is 4.31 Å². The molecule has 1 fully saturated rings. The number of rotatable bonds is 8. The molecule has 0 spiro atoms. The number of fused-ring (bicyclic) bond motifs is 2. The van der Waals surface area contributed by atoms with Crippen LogP contribution in [0, 0.1) is 19.8 Å². The molecule has 234 valence electrons. The van der Waals surface area contributed by atoms with Gasteiger partial charge >= 0.3 is 5.97 Å². The molecule has 2 unspecified atom stereocenters. The average Bonchev–Trinajstić information content (AvgIpc) is 3.66. The first-order valence-electron chi connectivity index (χ1n) is 15.2. The largest absolute Gasteiger partial charge is 0.465 e. The molecule has 2 aliphatic heterocycles. The molecule has 11 heteroatoms. The first-order valence-corrected chi connectivity index (χ1v) is 16.7. The number of likely N-dealkylation sites (N-methyl/N-ethyl adjacent to an activating group) is 1. The second-order valence-corrected chi connectivity index (χ2v) is 14.1. The summed E-state index contributed by atoms with van der Waals surface area (Å²) in [5, 5.41) is 12.0. The maximum atomic E-state index is 13.3. The Morgan fingerprint density at radius 2 is 1.93 bits per heavy atom. The minimum absolute atomic E-state index is 0.187. The van der Waals surface area contributed by atoms with E-state index in [0.29, 0.717) is 37.1 Å². The molecular weight excluding hydrogens is 576 g/mol. The van der Waals surface area contributed by atoms with Crippen molar-refractivity contribution in [2.45, 2.75) is 44.0 Å². The molecule has 3 N–H and O–H groups in total. The first-order chi connectivity index (χ1) is 21.1. The SMILES string of the molecule is Cc1ccc(C(CC(=O)OCC2CCNC2)c2ccc3c(nnn3C)c2C)cc1CN1CCN(C)c2ccccc2S1(O)O. The van der Waals surface area contributed by atoms with Gasteiger partial charge in [-0.25, -0.2) is 4.68 Å². The molecule has 10 nitrogen and oxygen atoms in total. The number of ether oxygens (including phenoxy) is 1. The van der Waals surface area contributed by atoms with Crippen molar-refractivity contribution in [3.63, 3.8) is 0 Å². The summed E-state index contributed by atoms with van der Waals surface area (Å²) in [5.74, 6) is -0.158. The third-order valence-corrected chi connectivity index (χ3v) is 11.2. The zero-order chi connectivity index (χ0) is 31.0. The van der Waals surface area contributed by atoms with E-state index in [2.05, 4.69) is 44.8 Å². The smallest absolute Gasteiger partial charge is 0.306 e. The van der Waals surface area contributed by atoms with Crippen LogP contribution < -0.4 is 10.2 Å². The van der Waals surface area contributed by atoms with Crippen molar-refractivity contribution in [3.05, 3.63) is 82.4 Å². The van der Waals surface area contributed by atoms with Gasteiger partial charge in [0.2, 0.25) is 0 Å². The van der Waals surface area contributed by atoms with Gasteiger partial charge in [-0.1, -0.05) is 41.6 Å². The van der Waals surface area contributed by atoms with Crippen LogP contribution in [0.1, 0.15) is 46.6 Å². The third kappa shape index (κ3) is 5.94. The topological polar surface area (TPSA) is 116 Å². The van der Waals surface area contributed by atoms with Crippen LogP contribution in [0.4, 0.5) is 5.69 Å². The lowest BCUT2D eigenvalue weighted by molar-refractivity contribution is -0.145. The van der Waals surface area contributed by atoms with Crippen molar-refractivity contribution in [1.82, 2.24) is 24.6 Å². The number of anilines is 1. The normalized spacial score (nSPS) is 19.9. The number of carbonyl (C=O) groups excluding carboxylic acids is 1. The van der Waals surface area contributed by atoms with Gasteiger partial charge in [0.15, 0.2) is 0 Å². The van der Waals surface area contributed by atoms with E-state index in [1.807, 2.05) is 52.2 Å². The van der Waals surface area contributed by atoms with E-state index in [4.69, 9.17) is 4.74 Å². The van der Waals surface area contributed by atoms with Gasteiger partial charge < -0.3 is 15.0 Å². The highest BCUT2D eigenvalue weighted by molar-refractivity contribution is 8.22. The van der Waals surface area contributed by atoms with Crippen molar-refractivity contribution in [3.8, 4) is 0 Å². The number of nitrogens with zero attached hydrogens (tertiary/aromatic N) is 5. The molecule has 0 bridgehead atoms. The number of carbonyl (C=O) groups is 1. The minimum atomic E-state index is -3.22. The second kappa shape index (κ2) is 12.5. The molecule has 0 aliphatic carbocycles. The van der Waals surface area contributed by atoms with Gasteiger partial charge in [-0.3, -0.25) is 13.9 Å². The summed E-state index contributed by atoms with van der Waals surface area (Å²) in [4.78, 5) is 15.9. The second-order valence-electron chi connectivity index (χ2n) is 12.1. The summed E-state index contributed by atoms with van der Waals surface area (Å²) < 4.78 is 32.5. The lowest BCUT2D eigenvalue weighted by atomic mass is 9.84. The van der Waals surface area contributed by atoms with Crippen LogP contribution in [-0.2, 0) is 23.1 Å². The van der Waals surface area contributed by atoms with Gasteiger partial charge in [0.05, 0.1) is 29.1 Å². The quantitative estimate of drug-likeness (QED) is 0.228. The Hall–Kier alpha value is -3.48. The fourth-order valence-corrected chi connectivity index (χ4v) is 8.12. The molecule has 0 radical (unpaired) electrons. The van der Waals surface area contributed by atoms with Crippen molar-refractivity contribution < 1.29 is 18.6 Å². The summed E-state index contributed by atoms with van der Waals surface area (Å²) in [5.41, 5.74) is 7.57. The lowest BCUT2D eigenvalue weighted by Gasteiger charge is -2.42. The number of esters is 1. The van der Waals surface area contributed by atoms with E-state index in [9.17, 15) is 13.9 Å². The van der Waals surface area contributed by atoms with Gasteiger partial charge in [0, 0.05) is 52.1 Å². The molecule has 4 aromatic rings. The molecule has 1 aromatic heterocycles. The van der Waals surface area contributed by atoms with E-state index in [1.165, 1.54) is 0 Å². The predicted molar refractivity (Wildman–Crippen MR) is 174 cm³/mol. The van der Waals surface area contributed by atoms with Crippen molar-refractivity contribution >= 4 is 33.5 Å². The fourth-order valence-electron chi connectivity index (χ4n) is 6.42. The lowest BCUT2D eigenvalue weighted by Crippen LogP contribution is -2.31. The van der Waals surface area contributed by atoms with Crippen LogP contribution in [0.5, 0.6) is 0 Å². The number of nitrogens with one attached hydrogen (secondary N) is 1. The van der Waals surface area contributed by atoms with Crippen LogP contribution >= 0.6 is 10.8 Å².